The Morgan fingerprint density at radius 1 is 1.20 bits per heavy atom. The average Bonchev–Trinajstić information content (AvgIpc) is 2.88. The van der Waals surface area contributed by atoms with Gasteiger partial charge in [-0.05, 0) is 51.8 Å². The second kappa shape index (κ2) is 5.96. The molecule has 0 saturated carbocycles. The predicted octanol–water partition coefficient (Wildman–Crippen LogP) is 5.41. The van der Waals surface area contributed by atoms with Crippen molar-refractivity contribution in [2.24, 2.45) is 0 Å². The lowest BCUT2D eigenvalue weighted by atomic mass is 10.1. The topological polar surface area (TPSA) is 21.3 Å². The summed E-state index contributed by atoms with van der Waals surface area (Å²) in [4.78, 5) is 0. The molecule has 0 aliphatic carbocycles. The van der Waals surface area contributed by atoms with Crippen molar-refractivity contribution < 1.29 is 4.74 Å². The van der Waals surface area contributed by atoms with Gasteiger partial charge in [-0.2, -0.15) is 0 Å². The van der Waals surface area contributed by atoms with Gasteiger partial charge in [-0.15, -0.1) is 0 Å². The molecule has 5 heteroatoms. The highest BCUT2D eigenvalue weighted by molar-refractivity contribution is 9.10. The third kappa shape index (κ3) is 2.97. The standard InChI is InChI=1S/C15H12Br2ClNO/c16-11-5-9-3-4-20-15(9)10(6-11)8-19-12-1-2-13(17)14(18)7-12/h1-2,5-7,19H,3-4,8H2. The molecule has 2 aromatic rings. The van der Waals surface area contributed by atoms with Crippen LogP contribution in [-0.2, 0) is 13.0 Å². The van der Waals surface area contributed by atoms with E-state index >= 15 is 0 Å². The number of anilines is 1. The molecule has 0 saturated heterocycles. The minimum Gasteiger partial charge on any atom is -0.493 e. The Morgan fingerprint density at radius 2 is 2.05 bits per heavy atom. The van der Waals surface area contributed by atoms with Gasteiger partial charge >= 0.3 is 0 Å². The molecule has 0 aromatic heterocycles. The van der Waals surface area contributed by atoms with Gasteiger partial charge in [0.25, 0.3) is 0 Å². The van der Waals surface area contributed by atoms with Gasteiger partial charge < -0.3 is 10.1 Å². The summed E-state index contributed by atoms with van der Waals surface area (Å²) in [5.74, 6) is 1.02. The monoisotopic (exact) mass is 415 g/mol. The van der Waals surface area contributed by atoms with E-state index in [4.69, 9.17) is 16.3 Å². The molecular formula is C15H12Br2ClNO. The zero-order valence-electron chi connectivity index (χ0n) is 10.6. The van der Waals surface area contributed by atoms with Gasteiger partial charge in [0.1, 0.15) is 5.75 Å². The Labute approximate surface area is 139 Å². The number of nitrogens with one attached hydrogen (secondary N) is 1. The zero-order chi connectivity index (χ0) is 14.1. The Hall–Kier alpha value is -0.710. The fourth-order valence-corrected chi connectivity index (χ4v) is 3.26. The number of halogens is 3. The molecule has 0 unspecified atom stereocenters. The molecular weight excluding hydrogens is 405 g/mol. The minimum atomic E-state index is 0.700. The smallest absolute Gasteiger partial charge is 0.127 e. The van der Waals surface area contributed by atoms with Crippen LogP contribution in [0, 0.1) is 0 Å². The highest BCUT2D eigenvalue weighted by Gasteiger charge is 2.17. The summed E-state index contributed by atoms with van der Waals surface area (Å²) in [6, 6.07) is 10.1. The van der Waals surface area contributed by atoms with Crippen LogP contribution < -0.4 is 10.1 Å². The van der Waals surface area contributed by atoms with E-state index in [0.29, 0.717) is 11.6 Å². The van der Waals surface area contributed by atoms with E-state index in [2.05, 4.69) is 49.3 Å². The van der Waals surface area contributed by atoms with Crippen molar-refractivity contribution in [2.75, 3.05) is 11.9 Å². The van der Waals surface area contributed by atoms with Crippen LogP contribution in [0.4, 0.5) is 5.69 Å². The lowest BCUT2D eigenvalue weighted by Crippen LogP contribution is -2.01. The molecule has 0 spiro atoms. The maximum Gasteiger partial charge on any atom is 0.127 e. The molecule has 1 aliphatic heterocycles. The van der Waals surface area contributed by atoms with Gasteiger partial charge in [0, 0.05) is 33.2 Å². The summed E-state index contributed by atoms with van der Waals surface area (Å²) in [5, 5.41) is 4.08. The highest BCUT2D eigenvalue weighted by atomic mass is 79.9. The molecule has 0 radical (unpaired) electrons. The zero-order valence-corrected chi connectivity index (χ0v) is 14.5. The van der Waals surface area contributed by atoms with E-state index in [1.54, 1.807) is 0 Å². The first-order valence-electron chi connectivity index (χ1n) is 6.26. The van der Waals surface area contributed by atoms with Gasteiger partial charge in [0.2, 0.25) is 0 Å². The van der Waals surface area contributed by atoms with Crippen LogP contribution in [0.5, 0.6) is 5.75 Å². The van der Waals surface area contributed by atoms with E-state index in [1.165, 1.54) is 5.56 Å². The molecule has 2 nitrogen and oxygen atoms in total. The number of ether oxygens (including phenoxy) is 1. The molecule has 0 amide bonds. The van der Waals surface area contributed by atoms with Crippen molar-refractivity contribution in [3.05, 3.63) is 55.4 Å². The number of rotatable bonds is 3. The van der Waals surface area contributed by atoms with Crippen molar-refractivity contribution >= 4 is 49.1 Å². The van der Waals surface area contributed by atoms with Crippen molar-refractivity contribution in [3.8, 4) is 5.75 Å². The number of benzene rings is 2. The molecule has 3 rings (SSSR count). The minimum absolute atomic E-state index is 0.700. The Morgan fingerprint density at radius 3 is 2.85 bits per heavy atom. The van der Waals surface area contributed by atoms with Crippen LogP contribution in [0.15, 0.2) is 39.3 Å². The second-order valence-electron chi connectivity index (χ2n) is 4.63. The van der Waals surface area contributed by atoms with Crippen molar-refractivity contribution in [3.63, 3.8) is 0 Å². The van der Waals surface area contributed by atoms with Crippen molar-refractivity contribution in [2.45, 2.75) is 13.0 Å². The van der Waals surface area contributed by atoms with Crippen LogP contribution in [0.25, 0.3) is 0 Å². The molecule has 1 heterocycles. The predicted molar refractivity (Wildman–Crippen MR) is 89.8 cm³/mol. The lowest BCUT2D eigenvalue weighted by molar-refractivity contribution is 0.354. The number of fused-ring (bicyclic) bond motifs is 1. The first-order chi connectivity index (χ1) is 9.63. The summed E-state index contributed by atoms with van der Waals surface area (Å²) in [5.41, 5.74) is 3.42. The number of hydrogen-bond acceptors (Lipinski definition) is 2. The first kappa shape index (κ1) is 14.2. The Bertz CT molecular complexity index is 661. The van der Waals surface area contributed by atoms with Gasteiger partial charge in [-0.25, -0.2) is 0 Å². The van der Waals surface area contributed by atoms with Crippen LogP contribution in [0.2, 0.25) is 5.02 Å². The van der Waals surface area contributed by atoms with Crippen molar-refractivity contribution in [1.82, 2.24) is 0 Å². The molecule has 0 bridgehead atoms. The second-order valence-corrected chi connectivity index (χ2v) is 6.81. The van der Waals surface area contributed by atoms with Crippen LogP contribution in [0.3, 0.4) is 0 Å². The van der Waals surface area contributed by atoms with E-state index < -0.39 is 0 Å². The van der Waals surface area contributed by atoms with Crippen LogP contribution >= 0.6 is 43.5 Å². The fraction of sp³-hybridized carbons (Fsp3) is 0.200. The average molecular weight is 418 g/mol. The lowest BCUT2D eigenvalue weighted by Gasteiger charge is -2.12. The highest BCUT2D eigenvalue weighted by Crippen LogP contribution is 2.33. The molecule has 2 aromatic carbocycles. The van der Waals surface area contributed by atoms with Gasteiger partial charge in [0.05, 0.1) is 11.6 Å². The molecule has 1 N–H and O–H groups in total. The van der Waals surface area contributed by atoms with E-state index in [9.17, 15) is 0 Å². The fourth-order valence-electron chi connectivity index (χ4n) is 2.28. The SMILES string of the molecule is Clc1cc(NCc2cc(Br)cc3c2OCC3)ccc1Br. The van der Waals surface area contributed by atoms with E-state index in [-0.39, 0.29) is 0 Å². The molecule has 0 fully saturated rings. The summed E-state index contributed by atoms with van der Waals surface area (Å²) >= 11 is 13.0. The maximum absolute atomic E-state index is 6.10. The van der Waals surface area contributed by atoms with Crippen LogP contribution in [0.1, 0.15) is 11.1 Å². The van der Waals surface area contributed by atoms with E-state index in [1.807, 2.05) is 18.2 Å². The largest absolute Gasteiger partial charge is 0.493 e. The van der Waals surface area contributed by atoms with Gasteiger partial charge in [0.15, 0.2) is 0 Å². The normalized spacial score (nSPS) is 12.9. The summed E-state index contributed by atoms with van der Waals surface area (Å²) in [7, 11) is 0. The molecule has 0 atom stereocenters. The summed E-state index contributed by atoms with van der Waals surface area (Å²) in [6.07, 6.45) is 0.978. The summed E-state index contributed by atoms with van der Waals surface area (Å²) < 4.78 is 7.71. The summed E-state index contributed by atoms with van der Waals surface area (Å²) in [6.45, 7) is 1.47. The molecule has 20 heavy (non-hydrogen) atoms. The quantitative estimate of drug-likeness (QED) is 0.721. The third-order valence-corrected chi connectivity index (χ3v) is 4.92. The van der Waals surface area contributed by atoms with Crippen molar-refractivity contribution in [1.29, 1.82) is 0 Å². The molecule has 1 aliphatic rings. The third-order valence-electron chi connectivity index (χ3n) is 3.23. The number of hydrogen-bond donors (Lipinski definition) is 1. The Balaban J connectivity index is 1.80. The molecule has 104 valence electrons. The van der Waals surface area contributed by atoms with Crippen LogP contribution in [-0.4, -0.2) is 6.61 Å². The first-order valence-corrected chi connectivity index (χ1v) is 8.23. The Kier molecular flexibility index (Phi) is 4.24. The maximum atomic E-state index is 6.10. The van der Waals surface area contributed by atoms with Gasteiger partial charge in [-0.3, -0.25) is 0 Å². The van der Waals surface area contributed by atoms with E-state index in [0.717, 1.165) is 39.0 Å². The van der Waals surface area contributed by atoms with Gasteiger partial charge in [-0.1, -0.05) is 27.5 Å².